The molecule has 5 nitrogen and oxygen atoms in total. The van der Waals surface area contributed by atoms with Crippen LogP contribution in [0.2, 0.25) is 0 Å². The zero-order chi connectivity index (χ0) is 15.3. The lowest BCUT2D eigenvalue weighted by Crippen LogP contribution is -2.46. The smallest absolute Gasteiger partial charge is 0.410 e. The molecule has 3 fully saturated rings. The third-order valence-corrected chi connectivity index (χ3v) is 4.80. The lowest BCUT2D eigenvalue weighted by Gasteiger charge is -2.37. The quantitative estimate of drug-likeness (QED) is 0.698. The van der Waals surface area contributed by atoms with Crippen molar-refractivity contribution in [1.29, 1.82) is 0 Å². The second kappa shape index (κ2) is 4.89. The van der Waals surface area contributed by atoms with E-state index in [2.05, 4.69) is 0 Å². The molecule has 1 atom stereocenters. The molecule has 3 rings (SSSR count). The van der Waals surface area contributed by atoms with E-state index in [0.29, 0.717) is 31.8 Å². The summed E-state index contributed by atoms with van der Waals surface area (Å²) in [5, 5.41) is 0. The van der Waals surface area contributed by atoms with Gasteiger partial charge >= 0.3 is 12.1 Å². The number of esters is 1. The maximum Gasteiger partial charge on any atom is 0.410 e. The molecule has 1 amide bonds. The Bertz CT molecular complexity index is 442. The molecule has 0 radical (unpaired) electrons. The monoisotopic (exact) mass is 295 g/mol. The van der Waals surface area contributed by atoms with Crippen molar-refractivity contribution in [2.75, 3.05) is 13.1 Å². The molecule has 3 aliphatic rings. The van der Waals surface area contributed by atoms with Gasteiger partial charge in [-0.25, -0.2) is 4.79 Å². The van der Waals surface area contributed by atoms with Crippen LogP contribution < -0.4 is 0 Å². The number of rotatable bonds is 1. The molecule has 2 heterocycles. The molecule has 1 unspecified atom stereocenters. The van der Waals surface area contributed by atoms with Gasteiger partial charge in [0.1, 0.15) is 11.7 Å². The average Bonchev–Trinajstić information content (AvgIpc) is 3.16. The summed E-state index contributed by atoms with van der Waals surface area (Å²) < 4.78 is 11.0. The summed E-state index contributed by atoms with van der Waals surface area (Å²) in [7, 11) is 0. The lowest BCUT2D eigenvalue weighted by molar-refractivity contribution is -0.151. The molecule has 0 aromatic heterocycles. The number of hydrogen-bond donors (Lipinski definition) is 0. The number of ether oxygens (including phenoxy) is 2. The molecule has 2 saturated heterocycles. The van der Waals surface area contributed by atoms with Crippen molar-refractivity contribution < 1.29 is 19.1 Å². The molecule has 1 spiro atoms. The minimum Gasteiger partial charge on any atom is -0.462 e. The van der Waals surface area contributed by atoms with Crippen molar-refractivity contribution >= 4 is 12.1 Å². The molecule has 21 heavy (non-hydrogen) atoms. The van der Waals surface area contributed by atoms with Gasteiger partial charge in [0, 0.05) is 19.5 Å². The van der Waals surface area contributed by atoms with E-state index in [9.17, 15) is 9.59 Å². The predicted molar refractivity (Wildman–Crippen MR) is 76.7 cm³/mol. The largest absolute Gasteiger partial charge is 0.462 e. The highest BCUT2D eigenvalue weighted by Crippen LogP contribution is 2.49. The standard InChI is InChI=1S/C16H25NO4/c1-15(2,3)21-14(19)17-8-6-16(7-9-17)10-12(11-4-5-11)20-13(16)18/h11-12H,4-10H2,1-3H3. The summed E-state index contributed by atoms with van der Waals surface area (Å²) in [5.74, 6) is 0.556. The number of likely N-dealkylation sites (tertiary alicyclic amines) is 1. The van der Waals surface area contributed by atoms with Crippen LogP contribution in [-0.4, -0.2) is 41.8 Å². The van der Waals surface area contributed by atoms with Crippen molar-refractivity contribution in [2.24, 2.45) is 11.3 Å². The highest BCUT2D eigenvalue weighted by Gasteiger charge is 2.54. The Kier molecular flexibility index (Phi) is 3.41. The summed E-state index contributed by atoms with van der Waals surface area (Å²) in [5.41, 5.74) is -0.818. The van der Waals surface area contributed by atoms with Gasteiger partial charge in [0.2, 0.25) is 0 Å². The van der Waals surface area contributed by atoms with Crippen molar-refractivity contribution in [3.63, 3.8) is 0 Å². The maximum absolute atomic E-state index is 12.2. The third kappa shape index (κ3) is 3.01. The van der Waals surface area contributed by atoms with Crippen molar-refractivity contribution in [3.05, 3.63) is 0 Å². The fourth-order valence-corrected chi connectivity index (χ4v) is 3.36. The van der Waals surface area contributed by atoms with Crippen molar-refractivity contribution in [2.45, 2.75) is 64.6 Å². The zero-order valence-corrected chi connectivity index (χ0v) is 13.2. The summed E-state index contributed by atoms with van der Waals surface area (Å²) in [6.45, 7) is 6.77. The molecule has 5 heteroatoms. The fraction of sp³-hybridized carbons (Fsp3) is 0.875. The fourth-order valence-electron chi connectivity index (χ4n) is 3.36. The normalized spacial score (nSPS) is 28.6. The maximum atomic E-state index is 12.2. The summed E-state index contributed by atoms with van der Waals surface area (Å²) in [6.07, 6.45) is 4.49. The molecule has 0 aromatic carbocycles. The first-order valence-electron chi connectivity index (χ1n) is 7.98. The highest BCUT2D eigenvalue weighted by molar-refractivity contribution is 5.80. The van der Waals surface area contributed by atoms with Gasteiger partial charge in [0.05, 0.1) is 5.41 Å². The van der Waals surface area contributed by atoms with E-state index in [1.807, 2.05) is 20.8 Å². The van der Waals surface area contributed by atoms with E-state index >= 15 is 0 Å². The van der Waals surface area contributed by atoms with Crippen LogP contribution in [0, 0.1) is 11.3 Å². The number of nitrogens with zero attached hydrogens (tertiary/aromatic N) is 1. The molecule has 118 valence electrons. The first kappa shape index (κ1) is 14.7. The topological polar surface area (TPSA) is 55.8 Å². The van der Waals surface area contributed by atoms with Crippen LogP contribution in [-0.2, 0) is 14.3 Å². The molecule has 2 aliphatic heterocycles. The van der Waals surface area contributed by atoms with Gasteiger partial charge in [-0.2, -0.15) is 0 Å². The Morgan fingerprint density at radius 2 is 1.90 bits per heavy atom. The van der Waals surface area contributed by atoms with Gasteiger partial charge < -0.3 is 14.4 Å². The van der Waals surface area contributed by atoms with Gasteiger partial charge in [0.15, 0.2) is 0 Å². The Hall–Kier alpha value is -1.26. The van der Waals surface area contributed by atoms with Crippen LogP contribution in [0.1, 0.15) is 52.9 Å². The van der Waals surface area contributed by atoms with Crippen LogP contribution in [0.4, 0.5) is 4.79 Å². The first-order valence-corrected chi connectivity index (χ1v) is 7.98. The zero-order valence-electron chi connectivity index (χ0n) is 13.2. The van der Waals surface area contributed by atoms with Crippen LogP contribution >= 0.6 is 0 Å². The Labute approximate surface area is 126 Å². The van der Waals surface area contributed by atoms with E-state index in [1.165, 1.54) is 12.8 Å². The molecular formula is C16H25NO4. The Morgan fingerprint density at radius 1 is 1.29 bits per heavy atom. The summed E-state index contributed by atoms with van der Waals surface area (Å²) in [4.78, 5) is 26.0. The number of hydrogen-bond acceptors (Lipinski definition) is 4. The molecule has 0 N–H and O–H groups in total. The SMILES string of the molecule is CC(C)(C)OC(=O)N1CCC2(CC1)CC(C1CC1)OC2=O. The van der Waals surface area contributed by atoms with Gasteiger partial charge in [-0.1, -0.05) is 0 Å². The van der Waals surface area contributed by atoms with E-state index in [1.54, 1.807) is 4.90 Å². The molecular weight excluding hydrogens is 270 g/mol. The van der Waals surface area contributed by atoms with Crippen molar-refractivity contribution in [3.8, 4) is 0 Å². The van der Waals surface area contributed by atoms with E-state index < -0.39 is 5.60 Å². The van der Waals surface area contributed by atoms with Gasteiger partial charge in [-0.15, -0.1) is 0 Å². The second-order valence-electron chi connectivity index (χ2n) is 7.73. The number of piperidine rings is 1. The van der Waals surface area contributed by atoms with E-state index in [-0.39, 0.29) is 23.6 Å². The molecule has 1 saturated carbocycles. The Morgan fingerprint density at radius 3 is 2.43 bits per heavy atom. The van der Waals surface area contributed by atoms with Crippen LogP contribution in [0.3, 0.4) is 0 Å². The minimum atomic E-state index is -0.477. The minimum absolute atomic E-state index is 0.0387. The molecule has 0 aromatic rings. The first-order chi connectivity index (χ1) is 9.79. The second-order valence-corrected chi connectivity index (χ2v) is 7.73. The Balaban J connectivity index is 1.57. The van der Waals surface area contributed by atoms with Gasteiger partial charge in [0.25, 0.3) is 0 Å². The number of carbonyl (C=O) groups is 2. The lowest BCUT2D eigenvalue weighted by atomic mass is 9.75. The highest BCUT2D eigenvalue weighted by atomic mass is 16.6. The van der Waals surface area contributed by atoms with Gasteiger partial charge in [-0.05, 0) is 52.4 Å². The van der Waals surface area contributed by atoms with Gasteiger partial charge in [-0.3, -0.25) is 4.79 Å². The molecule has 1 aliphatic carbocycles. The number of carbonyl (C=O) groups excluding carboxylic acids is 2. The van der Waals surface area contributed by atoms with Crippen molar-refractivity contribution in [1.82, 2.24) is 4.90 Å². The van der Waals surface area contributed by atoms with E-state index in [0.717, 1.165) is 6.42 Å². The summed E-state index contributed by atoms with van der Waals surface area (Å²) >= 11 is 0. The van der Waals surface area contributed by atoms with Crippen LogP contribution in [0.15, 0.2) is 0 Å². The number of cyclic esters (lactones) is 1. The van der Waals surface area contributed by atoms with E-state index in [4.69, 9.17) is 9.47 Å². The van der Waals surface area contributed by atoms with Crippen LogP contribution in [0.25, 0.3) is 0 Å². The number of amides is 1. The third-order valence-electron chi connectivity index (χ3n) is 4.80. The average molecular weight is 295 g/mol. The predicted octanol–water partition coefficient (Wildman–Crippen LogP) is 2.73. The molecule has 0 bridgehead atoms. The van der Waals surface area contributed by atoms with Crippen LogP contribution in [0.5, 0.6) is 0 Å². The summed E-state index contributed by atoms with van der Waals surface area (Å²) in [6, 6.07) is 0.